The van der Waals surface area contributed by atoms with E-state index in [1.165, 1.54) is 28.6 Å². The number of rotatable bonds is 5. The van der Waals surface area contributed by atoms with E-state index >= 15 is 0 Å². The fourth-order valence-corrected chi connectivity index (χ4v) is 4.26. The first kappa shape index (κ1) is 16.0. The molecule has 0 saturated heterocycles. The van der Waals surface area contributed by atoms with Crippen molar-refractivity contribution in [2.24, 2.45) is 0 Å². The van der Waals surface area contributed by atoms with E-state index in [4.69, 9.17) is 16.9 Å². The van der Waals surface area contributed by atoms with Gasteiger partial charge in [0.05, 0.1) is 16.5 Å². The molecule has 6 heteroatoms. The van der Waals surface area contributed by atoms with Gasteiger partial charge in [0.1, 0.15) is 0 Å². The number of sulfonamides is 1. The van der Waals surface area contributed by atoms with E-state index in [0.29, 0.717) is 10.6 Å². The second-order valence-electron chi connectivity index (χ2n) is 5.51. The molecule has 118 valence electrons. The number of halogens is 1. The van der Waals surface area contributed by atoms with Crippen molar-refractivity contribution in [2.45, 2.75) is 30.3 Å². The summed E-state index contributed by atoms with van der Waals surface area (Å²) in [7, 11) is -3.61. The minimum absolute atomic E-state index is 0.0203. The van der Waals surface area contributed by atoms with Crippen LogP contribution in [0.1, 0.15) is 24.0 Å². The Labute approximate surface area is 141 Å². The van der Waals surface area contributed by atoms with Crippen LogP contribution in [0, 0.1) is 11.3 Å². The first-order valence-electron chi connectivity index (χ1n) is 7.28. The lowest BCUT2D eigenvalue weighted by atomic mass is 10.2. The Morgan fingerprint density at radius 3 is 2.35 bits per heavy atom. The van der Waals surface area contributed by atoms with Crippen LogP contribution >= 0.6 is 11.6 Å². The zero-order valence-electron chi connectivity index (χ0n) is 12.3. The monoisotopic (exact) mass is 346 g/mol. The summed E-state index contributed by atoms with van der Waals surface area (Å²) in [5.74, 6) is 0. The summed E-state index contributed by atoms with van der Waals surface area (Å²) in [6.07, 6.45) is 1.72. The van der Waals surface area contributed by atoms with Gasteiger partial charge in [0.25, 0.3) is 0 Å². The molecule has 3 rings (SSSR count). The summed E-state index contributed by atoms with van der Waals surface area (Å²) in [5.41, 5.74) is 1.23. The first-order valence-corrected chi connectivity index (χ1v) is 9.09. The smallest absolute Gasteiger partial charge is 0.207 e. The number of nitriles is 1. The molecule has 2 aromatic carbocycles. The van der Waals surface area contributed by atoms with Crippen LogP contribution in [0.4, 0.5) is 0 Å². The third-order valence-electron chi connectivity index (χ3n) is 3.83. The lowest BCUT2D eigenvalue weighted by Gasteiger charge is -2.22. The summed E-state index contributed by atoms with van der Waals surface area (Å²) in [4.78, 5) is 0.204. The molecule has 1 aliphatic carbocycles. The standard InChI is InChI=1S/C17H15ClN2O2S/c18-17-4-2-1-3-14(17)12-20(15-7-8-15)23(21,22)16-9-5-13(11-19)6-10-16/h1-6,9-10,15H,7-8,12H2. The molecule has 1 saturated carbocycles. The first-order chi connectivity index (χ1) is 11.0. The van der Waals surface area contributed by atoms with Gasteiger partial charge in [-0.2, -0.15) is 9.57 Å². The molecule has 0 amide bonds. The zero-order valence-corrected chi connectivity index (χ0v) is 13.9. The van der Waals surface area contributed by atoms with E-state index in [9.17, 15) is 8.42 Å². The minimum atomic E-state index is -3.61. The van der Waals surface area contributed by atoms with E-state index in [-0.39, 0.29) is 17.5 Å². The van der Waals surface area contributed by atoms with Crippen molar-refractivity contribution in [1.82, 2.24) is 4.31 Å². The van der Waals surface area contributed by atoms with Gasteiger partial charge in [-0.3, -0.25) is 0 Å². The Hall–Kier alpha value is -1.87. The fourth-order valence-electron chi connectivity index (χ4n) is 2.40. The molecule has 23 heavy (non-hydrogen) atoms. The van der Waals surface area contributed by atoms with Gasteiger partial charge < -0.3 is 0 Å². The molecule has 1 aliphatic rings. The minimum Gasteiger partial charge on any atom is -0.207 e. The van der Waals surface area contributed by atoms with Crippen LogP contribution in [-0.4, -0.2) is 18.8 Å². The maximum Gasteiger partial charge on any atom is 0.243 e. The van der Waals surface area contributed by atoms with E-state index in [0.717, 1.165) is 18.4 Å². The maximum atomic E-state index is 12.9. The number of hydrogen-bond acceptors (Lipinski definition) is 3. The number of nitrogens with zero attached hydrogens (tertiary/aromatic N) is 2. The van der Waals surface area contributed by atoms with E-state index in [1.54, 1.807) is 6.07 Å². The van der Waals surface area contributed by atoms with Crippen LogP contribution in [0.3, 0.4) is 0 Å². The van der Waals surface area contributed by atoms with Crippen LogP contribution in [0.5, 0.6) is 0 Å². The predicted molar refractivity (Wildman–Crippen MR) is 88.4 cm³/mol. The molecular weight excluding hydrogens is 332 g/mol. The molecule has 0 spiro atoms. The SMILES string of the molecule is N#Cc1ccc(S(=O)(=O)N(Cc2ccccc2Cl)C2CC2)cc1. The summed E-state index contributed by atoms with van der Waals surface area (Å²) < 4.78 is 27.4. The van der Waals surface area contributed by atoms with Crippen molar-refractivity contribution in [3.63, 3.8) is 0 Å². The van der Waals surface area contributed by atoms with Gasteiger partial charge in [0.2, 0.25) is 10.0 Å². The third-order valence-corrected chi connectivity index (χ3v) is 6.11. The molecule has 0 unspecified atom stereocenters. The van der Waals surface area contributed by atoms with E-state index in [1.807, 2.05) is 24.3 Å². The highest BCUT2D eigenvalue weighted by atomic mass is 35.5. The van der Waals surface area contributed by atoms with Crippen molar-refractivity contribution in [3.8, 4) is 6.07 Å². The Bertz CT molecular complexity index is 853. The Kier molecular flexibility index (Phi) is 4.40. The van der Waals surface area contributed by atoms with E-state index in [2.05, 4.69) is 0 Å². The topological polar surface area (TPSA) is 61.2 Å². The molecule has 0 atom stereocenters. The molecule has 0 N–H and O–H groups in total. The van der Waals surface area contributed by atoms with Gasteiger partial charge in [-0.25, -0.2) is 8.42 Å². The molecule has 0 heterocycles. The molecule has 0 bridgehead atoms. The van der Waals surface area contributed by atoms with Gasteiger partial charge >= 0.3 is 0 Å². The second-order valence-corrected chi connectivity index (χ2v) is 7.81. The maximum absolute atomic E-state index is 12.9. The largest absolute Gasteiger partial charge is 0.243 e. The van der Waals surface area contributed by atoms with Gasteiger partial charge in [0, 0.05) is 17.6 Å². The third kappa shape index (κ3) is 3.40. The van der Waals surface area contributed by atoms with Gasteiger partial charge in [-0.15, -0.1) is 0 Å². The lowest BCUT2D eigenvalue weighted by Crippen LogP contribution is -2.32. The molecule has 0 aliphatic heterocycles. The summed E-state index contributed by atoms with van der Waals surface area (Å²) in [6.45, 7) is 0.257. The Morgan fingerprint density at radius 1 is 1.13 bits per heavy atom. The number of hydrogen-bond donors (Lipinski definition) is 0. The Morgan fingerprint density at radius 2 is 1.78 bits per heavy atom. The average molecular weight is 347 g/mol. The van der Waals surface area contributed by atoms with Crippen molar-refractivity contribution in [3.05, 3.63) is 64.7 Å². The van der Waals surface area contributed by atoms with Crippen LogP contribution in [0.25, 0.3) is 0 Å². The molecular formula is C17H15ClN2O2S. The lowest BCUT2D eigenvalue weighted by molar-refractivity contribution is 0.398. The Balaban J connectivity index is 1.93. The van der Waals surface area contributed by atoms with Crippen molar-refractivity contribution < 1.29 is 8.42 Å². The predicted octanol–water partition coefficient (Wildman–Crippen LogP) is 3.56. The molecule has 1 fully saturated rings. The van der Waals surface area contributed by atoms with E-state index < -0.39 is 10.0 Å². The molecule has 4 nitrogen and oxygen atoms in total. The van der Waals surface area contributed by atoms with Crippen molar-refractivity contribution >= 4 is 21.6 Å². The molecule has 2 aromatic rings. The second kappa shape index (κ2) is 6.32. The fraction of sp³-hybridized carbons (Fsp3) is 0.235. The molecule has 0 aromatic heterocycles. The summed E-state index contributed by atoms with van der Waals surface area (Å²) in [6, 6.07) is 15.3. The van der Waals surface area contributed by atoms with Gasteiger partial charge in [-0.1, -0.05) is 29.8 Å². The quantitative estimate of drug-likeness (QED) is 0.831. The average Bonchev–Trinajstić information content (AvgIpc) is 3.38. The highest BCUT2D eigenvalue weighted by Gasteiger charge is 2.38. The number of benzene rings is 2. The highest BCUT2D eigenvalue weighted by Crippen LogP contribution is 2.34. The van der Waals surface area contributed by atoms with Crippen LogP contribution < -0.4 is 0 Å². The van der Waals surface area contributed by atoms with Crippen molar-refractivity contribution in [1.29, 1.82) is 5.26 Å². The normalized spacial score (nSPS) is 14.7. The molecule has 0 radical (unpaired) electrons. The van der Waals surface area contributed by atoms with Crippen LogP contribution in [-0.2, 0) is 16.6 Å². The van der Waals surface area contributed by atoms with Crippen molar-refractivity contribution in [2.75, 3.05) is 0 Å². The van der Waals surface area contributed by atoms with Gasteiger partial charge in [-0.05, 0) is 48.7 Å². The van der Waals surface area contributed by atoms with Crippen LogP contribution in [0.15, 0.2) is 53.4 Å². The summed E-state index contributed by atoms with van der Waals surface area (Å²) >= 11 is 6.17. The summed E-state index contributed by atoms with van der Waals surface area (Å²) in [5, 5.41) is 9.40. The zero-order chi connectivity index (χ0) is 16.4. The van der Waals surface area contributed by atoms with Crippen LogP contribution in [0.2, 0.25) is 5.02 Å². The van der Waals surface area contributed by atoms with Gasteiger partial charge in [0.15, 0.2) is 0 Å². The highest BCUT2D eigenvalue weighted by molar-refractivity contribution is 7.89.